The summed E-state index contributed by atoms with van der Waals surface area (Å²) in [5.74, 6) is 0. The summed E-state index contributed by atoms with van der Waals surface area (Å²) in [5.41, 5.74) is 0.360. The van der Waals surface area contributed by atoms with Crippen LogP contribution in [0, 0.1) is 5.41 Å². The van der Waals surface area contributed by atoms with Crippen molar-refractivity contribution in [1.82, 2.24) is 9.78 Å². The van der Waals surface area contributed by atoms with Crippen LogP contribution < -0.4 is 0 Å². The van der Waals surface area contributed by atoms with Crippen LogP contribution in [0.3, 0.4) is 0 Å². The van der Waals surface area contributed by atoms with Crippen LogP contribution in [0.15, 0.2) is 12.4 Å². The molecular formula is C9H15ClN2. The van der Waals surface area contributed by atoms with E-state index < -0.39 is 0 Å². The summed E-state index contributed by atoms with van der Waals surface area (Å²) < 4.78 is 1.88. The van der Waals surface area contributed by atoms with Crippen LogP contribution in [0.1, 0.15) is 27.2 Å². The Bertz CT molecular complexity index is 247. The van der Waals surface area contributed by atoms with Gasteiger partial charge in [-0.15, -0.1) is 0 Å². The van der Waals surface area contributed by atoms with Gasteiger partial charge in [0.2, 0.25) is 0 Å². The fourth-order valence-electron chi connectivity index (χ4n) is 0.911. The van der Waals surface area contributed by atoms with Crippen LogP contribution in [0.2, 0.25) is 5.02 Å². The minimum atomic E-state index is 0.360. The fourth-order valence-corrected chi connectivity index (χ4v) is 1.07. The molecule has 0 saturated carbocycles. The number of hydrogen-bond donors (Lipinski definition) is 0. The number of halogens is 1. The average molecular weight is 187 g/mol. The van der Waals surface area contributed by atoms with Gasteiger partial charge in [-0.3, -0.25) is 4.68 Å². The predicted octanol–water partition coefficient (Wildman–Crippen LogP) is 2.97. The average Bonchev–Trinajstić information content (AvgIpc) is 2.30. The van der Waals surface area contributed by atoms with E-state index in [1.807, 2.05) is 10.9 Å². The van der Waals surface area contributed by atoms with Gasteiger partial charge in [0.05, 0.1) is 11.2 Å². The van der Waals surface area contributed by atoms with Crippen molar-refractivity contribution >= 4 is 11.6 Å². The molecule has 3 heteroatoms. The summed E-state index contributed by atoms with van der Waals surface area (Å²) >= 11 is 5.73. The maximum Gasteiger partial charge on any atom is 0.0785 e. The molecular weight excluding hydrogens is 172 g/mol. The molecule has 12 heavy (non-hydrogen) atoms. The lowest BCUT2D eigenvalue weighted by Gasteiger charge is -2.17. The van der Waals surface area contributed by atoms with Gasteiger partial charge in [0.1, 0.15) is 0 Å². The maximum atomic E-state index is 5.73. The molecule has 0 amide bonds. The third-order valence-electron chi connectivity index (χ3n) is 1.69. The summed E-state index contributed by atoms with van der Waals surface area (Å²) in [6, 6.07) is 0. The second-order valence-corrected chi connectivity index (χ2v) is 4.67. The van der Waals surface area contributed by atoms with Gasteiger partial charge in [0.25, 0.3) is 0 Å². The van der Waals surface area contributed by atoms with Crippen LogP contribution in [0.4, 0.5) is 0 Å². The Labute approximate surface area is 78.5 Å². The molecule has 0 atom stereocenters. The molecule has 0 radical (unpaired) electrons. The number of hydrogen-bond acceptors (Lipinski definition) is 1. The SMILES string of the molecule is CC(C)(C)CCn1cc(Cl)cn1. The van der Waals surface area contributed by atoms with Crippen LogP contribution in [-0.4, -0.2) is 9.78 Å². The zero-order valence-electron chi connectivity index (χ0n) is 7.84. The first-order valence-electron chi connectivity index (χ1n) is 4.15. The van der Waals surface area contributed by atoms with E-state index in [9.17, 15) is 0 Å². The monoisotopic (exact) mass is 186 g/mol. The van der Waals surface area contributed by atoms with Crippen molar-refractivity contribution in [3.05, 3.63) is 17.4 Å². The van der Waals surface area contributed by atoms with E-state index in [0.717, 1.165) is 13.0 Å². The highest BCUT2D eigenvalue weighted by molar-refractivity contribution is 6.30. The molecule has 0 bridgehead atoms. The van der Waals surface area contributed by atoms with E-state index in [-0.39, 0.29) is 0 Å². The third-order valence-corrected chi connectivity index (χ3v) is 1.89. The van der Waals surface area contributed by atoms with E-state index in [1.165, 1.54) is 0 Å². The summed E-state index contributed by atoms with van der Waals surface area (Å²) in [6.07, 6.45) is 4.64. The van der Waals surface area contributed by atoms with Crippen LogP contribution in [0.5, 0.6) is 0 Å². The molecule has 0 spiro atoms. The van der Waals surface area contributed by atoms with Crippen LogP contribution in [-0.2, 0) is 6.54 Å². The lowest BCUT2D eigenvalue weighted by Crippen LogP contribution is -2.10. The van der Waals surface area contributed by atoms with Crippen molar-refractivity contribution in [2.45, 2.75) is 33.7 Å². The maximum absolute atomic E-state index is 5.73. The van der Waals surface area contributed by atoms with Gasteiger partial charge in [-0.2, -0.15) is 5.10 Å². The molecule has 1 aromatic rings. The highest BCUT2D eigenvalue weighted by Gasteiger charge is 2.09. The molecule has 1 heterocycles. The number of nitrogens with zero attached hydrogens (tertiary/aromatic N) is 2. The highest BCUT2D eigenvalue weighted by atomic mass is 35.5. The minimum Gasteiger partial charge on any atom is -0.271 e. The largest absolute Gasteiger partial charge is 0.271 e. The summed E-state index contributed by atoms with van der Waals surface area (Å²) in [4.78, 5) is 0. The minimum absolute atomic E-state index is 0.360. The number of aryl methyl sites for hydroxylation is 1. The second kappa shape index (κ2) is 3.48. The van der Waals surface area contributed by atoms with Crippen molar-refractivity contribution in [3.8, 4) is 0 Å². The molecule has 0 unspecified atom stereocenters. The van der Waals surface area contributed by atoms with Gasteiger partial charge in [0, 0.05) is 12.7 Å². The van der Waals surface area contributed by atoms with Crippen LogP contribution >= 0.6 is 11.6 Å². The first kappa shape index (κ1) is 9.59. The summed E-state index contributed by atoms with van der Waals surface area (Å²) in [5, 5.41) is 4.82. The van der Waals surface area contributed by atoms with E-state index >= 15 is 0 Å². The lowest BCUT2D eigenvalue weighted by atomic mass is 9.92. The van der Waals surface area contributed by atoms with E-state index in [1.54, 1.807) is 6.20 Å². The summed E-state index contributed by atoms with van der Waals surface area (Å²) in [7, 11) is 0. The Hall–Kier alpha value is -0.500. The highest BCUT2D eigenvalue weighted by Crippen LogP contribution is 2.19. The van der Waals surface area contributed by atoms with Gasteiger partial charge in [0.15, 0.2) is 0 Å². The Morgan fingerprint density at radius 1 is 1.50 bits per heavy atom. The molecule has 0 aliphatic rings. The second-order valence-electron chi connectivity index (χ2n) is 4.23. The van der Waals surface area contributed by atoms with Gasteiger partial charge < -0.3 is 0 Å². The van der Waals surface area contributed by atoms with Crippen molar-refractivity contribution in [2.24, 2.45) is 5.41 Å². The van der Waals surface area contributed by atoms with Gasteiger partial charge in [-0.1, -0.05) is 32.4 Å². The first-order valence-corrected chi connectivity index (χ1v) is 4.53. The normalized spacial score (nSPS) is 12.0. The fraction of sp³-hybridized carbons (Fsp3) is 0.667. The number of aromatic nitrogens is 2. The Morgan fingerprint density at radius 3 is 2.58 bits per heavy atom. The standard InChI is InChI=1S/C9H15ClN2/c1-9(2,3)4-5-12-7-8(10)6-11-12/h6-7H,4-5H2,1-3H3. The van der Waals surface area contributed by atoms with Gasteiger partial charge in [-0.25, -0.2) is 0 Å². The summed E-state index contributed by atoms with van der Waals surface area (Å²) in [6.45, 7) is 7.60. The lowest BCUT2D eigenvalue weighted by molar-refractivity contribution is 0.341. The van der Waals surface area contributed by atoms with E-state index in [0.29, 0.717) is 10.4 Å². The topological polar surface area (TPSA) is 17.8 Å². The van der Waals surface area contributed by atoms with Crippen molar-refractivity contribution < 1.29 is 0 Å². The quantitative estimate of drug-likeness (QED) is 0.695. The predicted molar refractivity (Wildman–Crippen MR) is 51.3 cm³/mol. The zero-order valence-corrected chi connectivity index (χ0v) is 8.60. The Balaban J connectivity index is 2.44. The van der Waals surface area contributed by atoms with Gasteiger partial charge in [-0.05, 0) is 11.8 Å². The Morgan fingerprint density at radius 2 is 2.17 bits per heavy atom. The molecule has 0 aliphatic heterocycles. The molecule has 0 saturated heterocycles. The van der Waals surface area contributed by atoms with Crippen molar-refractivity contribution in [1.29, 1.82) is 0 Å². The first-order chi connectivity index (χ1) is 5.47. The van der Waals surface area contributed by atoms with E-state index in [2.05, 4.69) is 25.9 Å². The molecule has 2 nitrogen and oxygen atoms in total. The molecule has 0 N–H and O–H groups in total. The number of rotatable bonds is 2. The molecule has 68 valence electrons. The van der Waals surface area contributed by atoms with Gasteiger partial charge >= 0.3 is 0 Å². The van der Waals surface area contributed by atoms with Crippen molar-refractivity contribution in [3.63, 3.8) is 0 Å². The zero-order chi connectivity index (χ0) is 9.19. The molecule has 0 aliphatic carbocycles. The Kier molecular flexibility index (Phi) is 2.78. The van der Waals surface area contributed by atoms with E-state index in [4.69, 9.17) is 11.6 Å². The van der Waals surface area contributed by atoms with Crippen molar-refractivity contribution in [2.75, 3.05) is 0 Å². The molecule has 1 rings (SSSR count). The third kappa shape index (κ3) is 3.26. The van der Waals surface area contributed by atoms with Crippen LogP contribution in [0.25, 0.3) is 0 Å². The molecule has 1 aromatic heterocycles. The smallest absolute Gasteiger partial charge is 0.0785 e. The molecule has 0 fully saturated rings. The molecule has 0 aromatic carbocycles.